The van der Waals surface area contributed by atoms with Crippen LogP contribution in [0.1, 0.15) is 32.1 Å². The normalized spacial score (nSPS) is 43.1. The molecule has 4 bridgehead atoms. The molecule has 0 N–H and O–H groups in total. The SMILES string of the molecule is COC(=O)C12CC3CC(C1)C1(OCC(F)(F)C(F)(F)C(F)(F)CO1)C(C3)C2. The summed E-state index contributed by atoms with van der Waals surface area (Å²) in [6, 6.07) is 0. The van der Waals surface area contributed by atoms with Gasteiger partial charge in [-0.05, 0) is 38.0 Å². The quantitative estimate of drug-likeness (QED) is 0.496. The fourth-order valence-corrected chi connectivity index (χ4v) is 5.76. The van der Waals surface area contributed by atoms with Gasteiger partial charge in [0.15, 0.2) is 5.79 Å². The number of ether oxygens (including phenoxy) is 3. The maximum atomic E-state index is 13.9. The van der Waals surface area contributed by atoms with Crippen molar-refractivity contribution < 1.29 is 45.3 Å². The molecule has 0 aromatic rings. The highest BCUT2D eigenvalue weighted by atomic mass is 19.3. The summed E-state index contributed by atoms with van der Waals surface area (Å²) in [6.45, 7) is -3.73. The third kappa shape index (κ3) is 2.41. The summed E-state index contributed by atoms with van der Waals surface area (Å²) in [5.74, 6) is -19.0. The van der Waals surface area contributed by atoms with Crippen LogP contribution < -0.4 is 0 Å². The molecule has 5 rings (SSSR count). The third-order valence-electron chi connectivity index (χ3n) is 6.82. The number of rotatable bonds is 1. The lowest BCUT2D eigenvalue weighted by Gasteiger charge is -2.63. The number of hydrogen-bond donors (Lipinski definition) is 0. The zero-order chi connectivity index (χ0) is 19.9. The van der Waals surface area contributed by atoms with E-state index in [-0.39, 0.29) is 18.8 Å². The van der Waals surface area contributed by atoms with Gasteiger partial charge in [0.05, 0.1) is 12.5 Å². The van der Waals surface area contributed by atoms with Gasteiger partial charge in [0.25, 0.3) is 0 Å². The zero-order valence-electron chi connectivity index (χ0n) is 14.6. The van der Waals surface area contributed by atoms with E-state index in [0.717, 1.165) is 0 Å². The van der Waals surface area contributed by atoms with Crippen LogP contribution in [-0.4, -0.2) is 49.8 Å². The number of hydrogen-bond acceptors (Lipinski definition) is 4. The van der Waals surface area contributed by atoms with Gasteiger partial charge in [-0.2, -0.15) is 26.3 Å². The summed E-state index contributed by atoms with van der Waals surface area (Å²) in [5.41, 5.74) is -0.819. The van der Waals surface area contributed by atoms with Gasteiger partial charge in [-0.3, -0.25) is 4.79 Å². The molecule has 0 aromatic carbocycles. The molecule has 4 nitrogen and oxygen atoms in total. The van der Waals surface area contributed by atoms with Crippen molar-refractivity contribution >= 4 is 5.97 Å². The number of esters is 1. The molecule has 4 aliphatic carbocycles. The Morgan fingerprint density at radius 1 is 0.889 bits per heavy atom. The number of carbonyl (C=O) groups excluding carboxylic acids is 1. The minimum atomic E-state index is -5.58. The van der Waals surface area contributed by atoms with E-state index in [4.69, 9.17) is 14.2 Å². The van der Waals surface area contributed by atoms with Gasteiger partial charge in [-0.15, -0.1) is 0 Å². The molecule has 27 heavy (non-hydrogen) atoms. The minimum Gasteiger partial charge on any atom is -0.469 e. The average molecular weight is 402 g/mol. The van der Waals surface area contributed by atoms with Crippen LogP contribution in [0.5, 0.6) is 0 Å². The van der Waals surface area contributed by atoms with E-state index < -0.39 is 60.0 Å². The van der Waals surface area contributed by atoms with E-state index in [0.29, 0.717) is 19.3 Å². The lowest BCUT2D eigenvalue weighted by atomic mass is 9.47. The maximum Gasteiger partial charge on any atom is 0.376 e. The first kappa shape index (κ1) is 19.3. The first-order valence-electron chi connectivity index (χ1n) is 8.89. The van der Waals surface area contributed by atoms with E-state index >= 15 is 0 Å². The smallest absolute Gasteiger partial charge is 0.376 e. The van der Waals surface area contributed by atoms with Crippen molar-refractivity contribution in [1.82, 2.24) is 0 Å². The van der Waals surface area contributed by atoms with Crippen LogP contribution in [0.4, 0.5) is 26.3 Å². The van der Waals surface area contributed by atoms with Crippen LogP contribution in [0, 0.1) is 23.2 Å². The maximum absolute atomic E-state index is 13.9. The Morgan fingerprint density at radius 3 is 1.81 bits per heavy atom. The lowest BCUT2D eigenvalue weighted by Crippen LogP contribution is -2.69. The third-order valence-corrected chi connectivity index (χ3v) is 6.82. The standard InChI is InChI=1S/C17H20F6O4/c1-25-12(24)13-4-9-2-10(5-13)16(11(3-9)6-13)26-7-14(18,19)17(22,23)15(20,21)8-27-16/h9-11H,2-8H2,1H3. The van der Waals surface area contributed by atoms with Gasteiger partial charge in [0.2, 0.25) is 0 Å². The van der Waals surface area contributed by atoms with Gasteiger partial charge in [0, 0.05) is 11.8 Å². The summed E-state index contributed by atoms with van der Waals surface area (Å²) in [7, 11) is 1.25. The predicted octanol–water partition coefficient (Wildman–Crippen LogP) is 3.63. The molecule has 1 heterocycles. The van der Waals surface area contributed by atoms with Crippen LogP contribution in [-0.2, 0) is 19.0 Å². The molecule has 1 aliphatic heterocycles. The summed E-state index contributed by atoms with van der Waals surface area (Å²) in [5, 5.41) is 0. The topological polar surface area (TPSA) is 44.8 Å². The summed E-state index contributed by atoms with van der Waals surface area (Å²) in [4.78, 5) is 12.3. The van der Waals surface area contributed by atoms with E-state index in [9.17, 15) is 31.1 Å². The van der Waals surface area contributed by atoms with E-state index in [2.05, 4.69) is 0 Å². The summed E-state index contributed by atoms with van der Waals surface area (Å²) in [6.07, 6.45) is 1.83. The largest absolute Gasteiger partial charge is 0.469 e. The number of alkyl halides is 6. The van der Waals surface area contributed by atoms with Gasteiger partial charge in [0.1, 0.15) is 13.2 Å². The number of methoxy groups -OCH3 is 1. The van der Waals surface area contributed by atoms with E-state index in [1.165, 1.54) is 7.11 Å². The molecule has 4 saturated carbocycles. The Bertz CT molecular complexity index is 611. The van der Waals surface area contributed by atoms with Crippen LogP contribution in [0.25, 0.3) is 0 Å². The van der Waals surface area contributed by atoms with Crippen molar-refractivity contribution in [1.29, 1.82) is 0 Å². The lowest BCUT2D eigenvalue weighted by molar-refractivity contribution is -0.422. The number of halogens is 6. The molecule has 2 unspecified atom stereocenters. The molecule has 2 atom stereocenters. The molecule has 0 aromatic heterocycles. The van der Waals surface area contributed by atoms with Crippen molar-refractivity contribution in [2.75, 3.05) is 20.3 Å². The Balaban J connectivity index is 1.68. The number of carbonyl (C=O) groups is 1. The van der Waals surface area contributed by atoms with Crippen molar-refractivity contribution in [2.24, 2.45) is 23.2 Å². The minimum absolute atomic E-state index is 0.0901. The van der Waals surface area contributed by atoms with E-state index in [1.807, 2.05) is 0 Å². The molecule has 10 heteroatoms. The van der Waals surface area contributed by atoms with Crippen LogP contribution in [0.2, 0.25) is 0 Å². The van der Waals surface area contributed by atoms with Crippen LogP contribution in [0.3, 0.4) is 0 Å². The van der Waals surface area contributed by atoms with Crippen molar-refractivity contribution in [2.45, 2.75) is 55.7 Å². The van der Waals surface area contributed by atoms with Crippen molar-refractivity contribution in [3.8, 4) is 0 Å². The van der Waals surface area contributed by atoms with Gasteiger partial charge < -0.3 is 14.2 Å². The molecule has 5 aliphatic rings. The molecule has 0 radical (unpaired) electrons. The molecular weight excluding hydrogens is 382 g/mol. The zero-order valence-corrected chi connectivity index (χ0v) is 14.6. The molecule has 5 fully saturated rings. The molecular formula is C17H20F6O4. The fourth-order valence-electron chi connectivity index (χ4n) is 5.76. The van der Waals surface area contributed by atoms with Gasteiger partial charge >= 0.3 is 23.7 Å². The predicted molar refractivity (Wildman–Crippen MR) is 77.5 cm³/mol. The Kier molecular flexibility index (Phi) is 3.95. The van der Waals surface area contributed by atoms with Crippen LogP contribution in [0.15, 0.2) is 0 Å². The highest BCUT2D eigenvalue weighted by Gasteiger charge is 2.75. The second-order valence-corrected chi connectivity index (χ2v) is 8.40. The fraction of sp³-hybridized carbons (Fsp3) is 0.941. The second-order valence-electron chi connectivity index (χ2n) is 8.40. The monoisotopic (exact) mass is 402 g/mol. The Morgan fingerprint density at radius 2 is 1.37 bits per heavy atom. The van der Waals surface area contributed by atoms with Gasteiger partial charge in [-0.1, -0.05) is 0 Å². The first-order chi connectivity index (χ1) is 12.4. The summed E-state index contributed by atoms with van der Waals surface area (Å²) < 4.78 is 98.1. The Hall–Kier alpha value is -1.03. The second kappa shape index (κ2) is 5.52. The molecule has 154 valence electrons. The van der Waals surface area contributed by atoms with Crippen molar-refractivity contribution in [3.63, 3.8) is 0 Å². The van der Waals surface area contributed by atoms with Gasteiger partial charge in [-0.25, -0.2) is 0 Å². The first-order valence-corrected chi connectivity index (χ1v) is 8.89. The highest BCUT2D eigenvalue weighted by Crippen LogP contribution is 2.66. The molecule has 1 saturated heterocycles. The average Bonchev–Trinajstić information content (AvgIpc) is 2.58. The molecule has 1 spiro atoms. The van der Waals surface area contributed by atoms with Crippen LogP contribution >= 0.6 is 0 Å². The Labute approximate surface area is 151 Å². The highest BCUT2D eigenvalue weighted by molar-refractivity contribution is 5.77. The molecule has 0 amide bonds. The van der Waals surface area contributed by atoms with Crippen molar-refractivity contribution in [3.05, 3.63) is 0 Å². The van der Waals surface area contributed by atoms with E-state index in [1.54, 1.807) is 0 Å². The summed E-state index contributed by atoms with van der Waals surface area (Å²) >= 11 is 0.